The normalized spacial score (nSPS) is 10.4. The molecule has 2 rings (SSSR count). The van der Waals surface area contributed by atoms with E-state index in [2.05, 4.69) is 47.0 Å². The molecule has 0 aromatic heterocycles. The number of phenolic OH excluding ortho intramolecular Hbond substituents is 1. The molecule has 0 spiro atoms. The molecule has 0 unspecified atom stereocenters. The van der Waals surface area contributed by atoms with Crippen molar-refractivity contribution < 1.29 is 5.11 Å². The minimum absolute atomic E-state index is 0.258. The highest BCUT2D eigenvalue weighted by Crippen LogP contribution is 2.23. The number of nitrogens with one attached hydrogen (secondary N) is 1. The number of hydrogen-bond acceptors (Lipinski definition) is 2. The molecule has 0 aliphatic carbocycles. The van der Waals surface area contributed by atoms with E-state index >= 15 is 0 Å². The van der Waals surface area contributed by atoms with Crippen molar-refractivity contribution in [2.45, 2.75) is 13.5 Å². The van der Waals surface area contributed by atoms with E-state index in [0.717, 1.165) is 11.3 Å². The van der Waals surface area contributed by atoms with Crippen LogP contribution in [0.4, 0.5) is 5.69 Å². The molecule has 0 amide bonds. The Morgan fingerprint density at radius 3 is 2.72 bits per heavy atom. The largest absolute Gasteiger partial charge is 0.508 e. The van der Waals surface area contributed by atoms with Gasteiger partial charge < -0.3 is 10.4 Å². The number of aromatic hydroxyl groups is 1. The highest BCUT2D eigenvalue weighted by molar-refractivity contribution is 14.1. The zero-order valence-corrected chi connectivity index (χ0v) is 12.8. The summed E-state index contributed by atoms with van der Waals surface area (Å²) in [5.74, 6) is 0.258. The van der Waals surface area contributed by atoms with Gasteiger partial charge >= 0.3 is 0 Å². The second-order valence-electron chi connectivity index (χ2n) is 4.09. The molecule has 0 aliphatic rings. The zero-order valence-electron chi connectivity index (χ0n) is 9.87. The Morgan fingerprint density at radius 2 is 2.00 bits per heavy atom. The van der Waals surface area contributed by atoms with Gasteiger partial charge in [0.25, 0.3) is 0 Å². The van der Waals surface area contributed by atoms with Crippen LogP contribution < -0.4 is 5.32 Å². The molecule has 0 saturated heterocycles. The van der Waals surface area contributed by atoms with Gasteiger partial charge in [-0.2, -0.15) is 0 Å². The topological polar surface area (TPSA) is 32.3 Å². The van der Waals surface area contributed by atoms with Gasteiger partial charge in [-0.1, -0.05) is 17.7 Å². The predicted octanol–water partition coefficient (Wildman–Crippen LogP) is 4.57. The van der Waals surface area contributed by atoms with Gasteiger partial charge in [-0.15, -0.1) is 0 Å². The fraction of sp³-hybridized carbons (Fsp3) is 0.143. The van der Waals surface area contributed by atoms with Gasteiger partial charge in [-0.25, -0.2) is 0 Å². The molecule has 0 saturated carbocycles. The summed E-state index contributed by atoms with van der Waals surface area (Å²) in [7, 11) is 0. The van der Waals surface area contributed by atoms with Gasteiger partial charge in [0.1, 0.15) is 5.75 Å². The number of hydrogen-bond donors (Lipinski definition) is 2. The van der Waals surface area contributed by atoms with Crippen molar-refractivity contribution in [3.8, 4) is 5.75 Å². The van der Waals surface area contributed by atoms with E-state index in [4.69, 9.17) is 11.6 Å². The Hall–Kier alpha value is -0.940. The smallest absolute Gasteiger partial charge is 0.120 e. The van der Waals surface area contributed by atoms with Crippen LogP contribution in [-0.2, 0) is 6.54 Å². The molecule has 2 N–H and O–H groups in total. The monoisotopic (exact) mass is 373 g/mol. The molecule has 2 nitrogen and oxygen atoms in total. The third-order valence-electron chi connectivity index (χ3n) is 2.70. The molecule has 0 fully saturated rings. The van der Waals surface area contributed by atoms with Gasteiger partial charge in [0.05, 0.1) is 0 Å². The van der Waals surface area contributed by atoms with Crippen molar-refractivity contribution in [3.05, 3.63) is 56.1 Å². The van der Waals surface area contributed by atoms with Crippen LogP contribution in [0.1, 0.15) is 11.1 Å². The molecule has 2 aromatic carbocycles. The molecule has 18 heavy (non-hydrogen) atoms. The summed E-state index contributed by atoms with van der Waals surface area (Å²) in [6.07, 6.45) is 0. The van der Waals surface area contributed by atoms with Crippen molar-refractivity contribution in [3.63, 3.8) is 0 Å². The van der Waals surface area contributed by atoms with E-state index in [9.17, 15) is 5.11 Å². The molecule has 94 valence electrons. The Bertz CT molecular complexity index is 572. The lowest BCUT2D eigenvalue weighted by molar-refractivity contribution is 0.469. The summed E-state index contributed by atoms with van der Waals surface area (Å²) in [6.45, 7) is 2.62. The van der Waals surface area contributed by atoms with Crippen molar-refractivity contribution in [2.24, 2.45) is 0 Å². The van der Waals surface area contributed by atoms with Gasteiger partial charge in [0.15, 0.2) is 0 Å². The van der Waals surface area contributed by atoms with Crippen LogP contribution in [0, 0.1) is 10.5 Å². The van der Waals surface area contributed by atoms with Crippen molar-refractivity contribution in [1.29, 1.82) is 0 Å². The average Bonchev–Trinajstić information content (AvgIpc) is 2.34. The molecule has 0 atom stereocenters. The van der Waals surface area contributed by atoms with Gasteiger partial charge in [-0.05, 0) is 65.4 Å². The van der Waals surface area contributed by atoms with Crippen molar-refractivity contribution in [1.82, 2.24) is 0 Å². The number of benzene rings is 2. The molecule has 2 aromatic rings. The molecule has 0 heterocycles. The summed E-state index contributed by atoms with van der Waals surface area (Å²) >= 11 is 8.21. The van der Waals surface area contributed by atoms with Crippen LogP contribution in [0.5, 0.6) is 5.75 Å². The highest BCUT2D eigenvalue weighted by atomic mass is 127. The maximum atomic E-state index is 9.71. The third-order valence-corrected chi connectivity index (χ3v) is 4.09. The number of rotatable bonds is 3. The molecule has 0 radical (unpaired) electrons. The quantitative estimate of drug-likeness (QED) is 0.773. The van der Waals surface area contributed by atoms with Crippen LogP contribution in [0.25, 0.3) is 0 Å². The van der Waals surface area contributed by atoms with Crippen LogP contribution in [0.2, 0.25) is 5.02 Å². The average molecular weight is 374 g/mol. The summed E-state index contributed by atoms with van der Waals surface area (Å²) < 4.78 is 1.22. The second-order valence-corrected chi connectivity index (χ2v) is 5.69. The fourth-order valence-corrected chi connectivity index (χ4v) is 2.31. The Labute approximate surface area is 125 Å². The standard InChI is InChI=1S/C14H13ClINO/c1-9-2-4-12(7-13(9)16)17-8-10-6-11(15)3-5-14(10)18/h2-7,17-18H,8H2,1H3. The fourth-order valence-electron chi connectivity index (χ4n) is 1.60. The molecule has 0 aliphatic heterocycles. The van der Waals surface area contributed by atoms with E-state index < -0.39 is 0 Å². The number of aryl methyl sites for hydroxylation is 1. The Morgan fingerprint density at radius 1 is 1.22 bits per heavy atom. The van der Waals surface area contributed by atoms with Gasteiger partial charge in [0.2, 0.25) is 0 Å². The molecule has 4 heteroatoms. The molecular weight excluding hydrogens is 361 g/mol. The Kier molecular flexibility index (Phi) is 4.35. The van der Waals surface area contributed by atoms with Crippen LogP contribution in [-0.4, -0.2) is 5.11 Å². The molecule has 0 bridgehead atoms. The van der Waals surface area contributed by atoms with E-state index in [1.807, 2.05) is 6.07 Å². The van der Waals surface area contributed by atoms with E-state index in [1.54, 1.807) is 18.2 Å². The van der Waals surface area contributed by atoms with Crippen molar-refractivity contribution in [2.75, 3.05) is 5.32 Å². The highest BCUT2D eigenvalue weighted by Gasteiger charge is 2.03. The van der Waals surface area contributed by atoms with Gasteiger partial charge in [0, 0.05) is 26.4 Å². The summed E-state index contributed by atoms with van der Waals surface area (Å²) in [5, 5.41) is 13.6. The summed E-state index contributed by atoms with van der Waals surface area (Å²) in [6, 6.07) is 11.2. The lowest BCUT2D eigenvalue weighted by Gasteiger charge is -2.09. The zero-order chi connectivity index (χ0) is 13.1. The van der Waals surface area contributed by atoms with Crippen molar-refractivity contribution >= 4 is 39.9 Å². The minimum atomic E-state index is 0.258. The maximum Gasteiger partial charge on any atom is 0.120 e. The van der Waals surface area contributed by atoms with E-state index in [0.29, 0.717) is 11.6 Å². The van der Waals surface area contributed by atoms with Crippen LogP contribution in [0.15, 0.2) is 36.4 Å². The number of phenols is 1. The first-order chi connectivity index (χ1) is 8.56. The second kappa shape index (κ2) is 5.80. The van der Waals surface area contributed by atoms with Gasteiger partial charge in [-0.3, -0.25) is 0 Å². The SMILES string of the molecule is Cc1ccc(NCc2cc(Cl)ccc2O)cc1I. The lowest BCUT2D eigenvalue weighted by atomic mass is 10.2. The number of anilines is 1. The minimum Gasteiger partial charge on any atom is -0.508 e. The first-order valence-corrected chi connectivity index (χ1v) is 6.99. The van der Waals surface area contributed by atoms with Crippen LogP contribution in [0.3, 0.4) is 0 Å². The summed E-state index contributed by atoms with van der Waals surface area (Å²) in [5.41, 5.74) is 3.08. The first-order valence-electron chi connectivity index (χ1n) is 5.53. The number of halogens is 2. The predicted molar refractivity (Wildman–Crippen MR) is 84.3 cm³/mol. The first kappa shape index (κ1) is 13.5. The third kappa shape index (κ3) is 3.29. The summed E-state index contributed by atoms with van der Waals surface area (Å²) in [4.78, 5) is 0. The van der Waals surface area contributed by atoms with E-state index in [-0.39, 0.29) is 5.75 Å². The van der Waals surface area contributed by atoms with Crippen LogP contribution >= 0.6 is 34.2 Å². The lowest BCUT2D eigenvalue weighted by Crippen LogP contribution is -2.00. The Balaban J connectivity index is 2.11. The maximum absolute atomic E-state index is 9.71. The van der Waals surface area contributed by atoms with E-state index in [1.165, 1.54) is 9.13 Å². The molecular formula is C14H13ClINO.